The predicted octanol–water partition coefficient (Wildman–Crippen LogP) is 0.0355. The third-order valence-electron chi connectivity index (χ3n) is 3.47. The lowest BCUT2D eigenvalue weighted by molar-refractivity contribution is -0.685. The van der Waals surface area contributed by atoms with Gasteiger partial charge in [0, 0.05) is 29.6 Å². The Balaban J connectivity index is 2.13. The van der Waals surface area contributed by atoms with Crippen molar-refractivity contribution in [3.63, 3.8) is 0 Å². The van der Waals surface area contributed by atoms with E-state index in [0.29, 0.717) is 16.8 Å². The molecule has 0 fully saturated rings. The number of carboxylic acid groups (broad SMARTS) is 1. The van der Waals surface area contributed by atoms with Crippen molar-refractivity contribution in [2.24, 2.45) is 5.73 Å². The van der Waals surface area contributed by atoms with Crippen LogP contribution in [0.5, 0.6) is 0 Å². The van der Waals surface area contributed by atoms with Crippen molar-refractivity contribution in [1.82, 2.24) is 0 Å². The first-order chi connectivity index (χ1) is 12.2. The Labute approximate surface area is 149 Å². The second-order valence-corrected chi connectivity index (χ2v) is 6.74. The number of anilines is 1. The molecule has 6 N–H and O–H groups in total. The number of pyridine rings is 1. The minimum absolute atomic E-state index is 0.192. The molecule has 1 atom stereocenters. The normalized spacial score (nSPS) is 13.2. The van der Waals surface area contributed by atoms with Crippen LogP contribution in [0, 0.1) is 0 Å². The third-order valence-corrected chi connectivity index (χ3v) is 4.34. The first-order valence-corrected chi connectivity index (χ1v) is 8.80. The molecule has 0 saturated carbocycles. The Morgan fingerprint density at radius 3 is 2.23 bits per heavy atom. The van der Waals surface area contributed by atoms with E-state index < -0.39 is 22.3 Å². The summed E-state index contributed by atoms with van der Waals surface area (Å²) in [7, 11) is -4.29. The summed E-state index contributed by atoms with van der Waals surface area (Å²) in [5.41, 5.74) is 6.90. The third kappa shape index (κ3) is 5.02. The fourth-order valence-corrected chi connectivity index (χ4v) is 2.70. The van der Waals surface area contributed by atoms with Crippen molar-refractivity contribution in [3.05, 3.63) is 60.6 Å². The second-order valence-electron chi connectivity index (χ2n) is 5.32. The van der Waals surface area contributed by atoms with Gasteiger partial charge < -0.3 is 21.3 Å². The van der Waals surface area contributed by atoms with Crippen molar-refractivity contribution in [2.45, 2.75) is 17.7 Å². The highest BCUT2D eigenvalue weighted by atomic mass is 32.2. The molecule has 0 amide bonds. The van der Waals surface area contributed by atoms with E-state index in [2.05, 4.69) is 5.32 Å². The molecule has 0 aliphatic rings. The van der Waals surface area contributed by atoms with Crippen molar-refractivity contribution < 1.29 is 32.5 Å². The van der Waals surface area contributed by atoms with Crippen LogP contribution in [0.2, 0.25) is 0 Å². The topological polar surface area (TPSA) is 154 Å². The lowest BCUT2D eigenvalue weighted by Crippen LogP contribution is -2.37. The maximum Gasteiger partial charge on any atom is 0.370 e. The molecule has 10 heteroatoms. The highest BCUT2D eigenvalue weighted by Crippen LogP contribution is 2.20. The summed E-state index contributed by atoms with van der Waals surface area (Å²) < 4.78 is 32.4. The van der Waals surface area contributed by atoms with Gasteiger partial charge in [-0.2, -0.15) is 13.0 Å². The molecule has 26 heavy (non-hydrogen) atoms. The van der Waals surface area contributed by atoms with Crippen LogP contribution in [0.15, 0.2) is 59.9 Å². The molecule has 0 radical (unpaired) electrons. The van der Waals surface area contributed by atoms with Crippen LogP contribution in [-0.4, -0.2) is 35.4 Å². The number of nitrogens with zero attached hydrogens (tertiary/aromatic N) is 1. The van der Waals surface area contributed by atoms with Gasteiger partial charge in [-0.1, -0.05) is 0 Å². The first-order valence-electron chi connectivity index (χ1n) is 7.36. The zero-order chi connectivity index (χ0) is 19.3. The van der Waals surface area contributed by atoms with E-state index in [9.17, 15) is 18.3 Å². The smallest absolute Gasteiger partial charge is 0.370 e. The SMILES string of the molecule is N/C=C(/c1cc[n+](CC(=O)O)cc1)C(O)Nc1ccc(S(=O)(=O)O)cc1. The second kappa shape index (κ2) is 7.95. The Morgan fingerprint density at radius 1 is 1.19 bits per heavy atom. The van der Waals surface area contributed by atoms with E-state index in [1.54, 1.807) is 24.5 Å². The molecule has 0 aliphatic carbocycles. The lowest BCUT2D eigenvalue weighted by atomic mass is 10.1. The maximum absolute atomic E-state index is 11.0. The Kier molecular flexibility index (Phi) is 5.93. The quantitative estimate of drug-likeness (QED) is 0.256. The highest BCUT2D eigenvalue weighted by Gasteiger charge is 2.16. The molecule has 138 valence electrons. The van der Waals surface area contributed by atoms with Gasteiger partial charge in [-0.05, 0) is 29.8 Å². The molecule has 9 nitrogen and oxygen atoms in total. The van der Waals surface area contributed by atoms with E-state index in [0.717, 1.165) is 0 Å². The van der Waals surface area contributed by atoms with Crippen LogP contribution >= 0.6 is 0 Å². The van der Waals surface area contributed by atoms with Gasteiger partial charge in [-0.25, -0.2) is 4.79 Å². The van der Waals surface area contributed by atoms with Gasteiger partial charge in [0.1, 0.15) is 0 Å². The summed E-state index contributed by atoms with van der Waals surface area (Å²) in [6.07, 6.45) is 3.09. The van der Waals surface area contributed by atoms with Crippen LogP contribution < -0.4 is 15.6 Å². The number of carboxylic acids is 1. The minimum Gasteiger partial charge on any atom is -0.477 e. The van der Waals surface area contributed by atoms with Crippen molar-refractivity contribution in [2.75, 3.05) is 5.32 Å². The van der Waals surface area contributed by atoms with E-state index in [-0.39, 0.29) is 11.4 Å². The number of hydrogen-bond donors (Lipinski definition) is 5. The zero-order valence-electron chi connectivity index (χ0n) is 13.5. The summed E-state index contributed by atoms with van der Waals surface area (Å²) >= 11 is 0. The Hall–Kier alpha value is -2.95. The van der Waals surface area contributed by atoms with E-state index >= 15 is 0 Å². The number of aliphatic hydroxyl groups is 1. The standard InChI is InChI=1S/C16H17N3O6S/c17-9-14(11-5-7-19(8-6-11)10-15(20)21)16(22)18-12-1-3-13(4-2-12)26(23,24)25/h1-9,16-18,22H,10H2,(H2,20,21,23,24,25)/p+1. The summed E-state index contributed by atoms with van der Waals surface area (Å²) in [5.74, 6) is -0.979. The molecule has 1 aromatic carbocycles. The summed E-state index contributed by atoms with van der Waals surface area (Å²) in [6, 6.07) is 8.35. The molecule has 0 saturated heterocycles. The Morgan fingerprint density at radius 2 is 1.77 bits per heavy atom. The number of aliphatic carboxylic acids is 1. The van der Waals surface area contributed by atoms with Crippen LogP contribution in [0.3, 0.4) is 0 Å². The molecule has 0 bridgehead atoms. The Bertz CT molecular complexity index is 908. The molecule has 0 spiro atoms. The number of nitrogens with two attached hydrogens (primary N) is 1. The molecule has 2 aromatic rings. The van der Waals surface area contributed by atoms with Gasteiger partial charge >= 0.3 is 5.97 Å². The average molecular weight is 380 g/mol. The average Bonchev–Trinajstić information content (AvgIpc) is 2.56. The molecule has 2 rings (SSSR count). The predicted molar refractivity (Wildman–Crippen MR) is 92.3 cm³/mol. The lowest BCUT2D eigenvalue weighted by Gasteiger charge is -2.17. The van der Waals surface area contributed by atoms with Crippen LogP contribution in [-0.2, 0) is 21.5 Å². The monoisotopic (exact) mass is 380 g/mol. The number of nitrogens with one attached hydrogen (secondary N) is 1. The minimum atomic E-state index is -4.29. The van der Waals surface area contributed by atoms with Gasteiger partial charge in [0.15, 0.2) is 18.6 Å². The molecule has 0 aliphatic heterocycles. The van der Waals surface area contributed by atoms with Gasteiger partial charge in [0.25, 0.3) is 10.1 Å². The summed E-state index contributed by atoms with van der Waals surface area (Å²) in [4.78, 5) is 10.4. The van der Waals surface area contributed by atoms with Crippen molar-refractivity contribution >= 4 is 27.3 Å². The largest absolute Gasteiger partial charge is 0.477 e. The highest BCUT2D eigenvalue weighted by molar-refractivity contribution is 7.85. The van der Waals surface area contributed by atoms with Gasteiger partial charge in [-0.3, -0.25) is 4.55 Å². The molecular weight excluding hydrogens is 362 g/mol. The number of benzene rings is 1. The van der Waals surface area contributed by atoms with Crippen LogP contribution in [0.4, 0.5) is 5.69 Å². The number of hydrogen-bond acceptors (Lipinski definition) is 6. The van der Waals surface area contributed by atoms with Crippen molar-refractivity contribution in [3.8, 4) is 0 Å². The molecule has 1 unspecified atom stereocenters. The van der Waals surface area contributed by atoms with Gasteiger partial charge in [0.05, 0.1) is 4.90 Å². The van der Waals surface area contributed by atoms with Crippen molar-refractivity contribution in [1.29, 1.82) is 0 Å². The summed E-state index contributed by atoms with van der Waals surface area (Å²) in [6.45, 7) is -0.192. The fourth-order valence-electron chi connectivity index (χ4n) is 2.22. The van der Waals surface area contributed by atoms with E-state index in [1.165, 1.54) is 35.0 Å². The number of aliphatic hydroxyl groups excluding tert-OH is 1. The molecule has 1 aromatic heterocycles. The first kappa shape index (κ1) is 19.4. The van der Waals surface area contributed by atoms with Gasteiger partial charge in [0.2, 0.25) is 6.54 Å². The number of aromatic nitrogens is 1. The van der Waals surface area contributed by atoms with E-state index in [1.807, 2.05) is 0 Å². The summed E-state index contributed by atoms with van der Waals surface area (Å²) in [5, 5.41) is 21.8. The van der Waals surface area contributed by atoms with Crippen LogP contribution in [0.25, 0.3) is 5.57 Å². The van der Waals surface area contributed by atoms with Crippen LogP contribution in [0.1, 0.15) is 5.56 Å². The molecule has 1 heterocycles. The molecular formula is C16H18N3O6S+. The van der Waals surface area contributed by atoms with E-state index in [4.69, 9.17) is 15.4 Å². The fraction of sp³-hybridized carbons (Fsp3) is 0.125. The van der Waals surface area contributed by atoms with Gasteiger partial charge in [-0.15, -0.1) is 0 Å². The zero-order valence-corrected chi connectivity index (χ0v) is 14.3. The number of carbonyl (C=O) groups is 1. The maximum atomic E-state index is 11.0. The number of rotatable bonds is 7.